The van der Waals surface area contributed by atoms with Crippen molar-refractivity contribution in [3.63, 3.8) is 0 Å². The van der Waals surface area contributed by atoms with E-state index >= 15 is 0 Å². The number of aryl methyl sites for hydroxylation is 1. The minimum Gasteiger partial charge on any atom is -0.457 e. The van der Waals surface area contributed by atoms with Crippen LogP contribution in [0.3, 0.4) is 0 Å². The van der Waals surface area contributed by atoms with Gasteiger partial charge in [-0.15, -0.1) is 0 Å². The molecule has 1 aromatic heterocycles. The van der Waals surface area contributed by atoms with Crippen molar-refractivity contribution in [2.45, 2.75) is 13.8 Å². The van der Waals surface area contributed by atoms with E-state index in [4.69, 9.17) is 16.0 Å². The number of rotatable bonds is 3. The molecular weight excluding hydrogens is 310 g/mol. The topological polar surface area (TPSA) is 42.2 Å². The third-order valence-corrected chi connectivity index (χ3v) is 3.99. The lowest BCUT2D eigenvalue weighted by Gasteiger charge is -2.08. The van der Waals surface area contributed by atoms with E-state index in [2.05, 4.69) is 5.32 Å². The molecule has 0 aliphatic heterocycles. The molecule has 0 radical (unpaired) electrons. The maximum absolute atomic E-state index is 12.1. The molecule has 3 nitrogen and oxygen atoms in total. The van der Waals surface area contributed by atoms with Gasteiger partial charge in [0.2, 0.25) is 5.91 Å². The number of fused-ring (bicyclic) bond motifs is 1. The number of hydrogen-bond donors (Lipinski definition) is 1. The molecule has 23 heavy (non-hydrogen) atoms. The van der Waals surface area contributed by atoms with Gasteiger partial charge in [-0.05, 0) is 61.4 Å². The molecule has 116 valence electrons. The Labute approximate surface area is 139 Å². The second-order valence-electron chi connectivity index (χ2n) is 5.40. The Kier molecular flexibility index (Phi) is 4.22. The molecular formula is C19H16ClNO2. The Hall–Kier alpha value is -2.52. The van der Waals surface area contributed by atoms with Crippen molar-refractivity contribution < 1.29 is 9.21 Å². The Bertz CT molecular complexity index is 909. The Balaban J connectivity index is 1.75. The van der Waals surface area contributed by atoms with Crippen molar-refractivity contribution in [3.05, 3.63) is 70.5 Å². The van der Waals surface area contributed by atoms with Gasteiger partial charge in [0, 0.05) is 22.2 Å². The second-order valence-corrected chi connectivity index (χ2v) is 5.84. The first-order chi connectivity index (χ1) is 11.0. The summed E-state index contributed by atoms with van der Waals surface area (Å²) in [4.78, 5) is 12.1. The number of anilines is 1. The van der Waals surface area contributed by atoms with Gasteiger partial charge in [-0.25, -0.2) is 0 Å². The SMILES string of the molecule is Cc1cccc(NC(=O)/C=C/c2cc3cc(Cl)ccc3o2)c1C. The second kappa shape index (κ2) is 6.31. The number of amides is 1. The van der Waals surface area contributed by atoms with Crippen LogP contribution < -0.4 is 5.32 Å². The zero-order chi connectivity index (χ0) is 16.4. The smallest absolute Gasteiger partial charge is 0.248 e. The summed E-state index contributed by atoms with van der Waals surface area (Å²) in [6.07, 6.45) is 3.11. The Morgan fingerprint density at radius 1 is 1.17 bits per heavy atom. The van der Waals surface area contributed by atoms with Crippen molar-refractivity contribution in [1.29, 1.82) is 0 Å². The lowest BCUT2D eigenvalue weighted by Crippen LogP contribution is -2.09. The first kappa shape index (κ1) is 15.4. The van der Waals surface area contributed by atoms with Crippen LogP contribution in [0.2, 0.25) is 5.02 Å². The highest BCUT2D eigenvalue weighted by Crippen LogP contribution is 2.24. The fraction of sp³-hybridized carbons (Fsp3) is 0.105. The van der Waals surface area contributed by atoms with Gasteiger partial charge in [-0.1, -0.05) is 23.7 Å². The molecule has 0 atom stereocenters. The van der Waals surface area contributed by atoms with E-state index < -0.39 is 0 Å². The van der Waals surface area contributed by atoms with E-state index in [1.807, 2.05) is 50.2 Å². The van der Waals surface area contributed by atoms with Crippen LogP contribution >= 0.6 is 11.6 Å². The third-order valence-electron chi connectivity index (χ3n) is 3.76. The van der Waals surface area contributed by atoms with Gasteiger partial charge in [-0.3, -0.25) is 4.79 Å². The van der Waals surface area contributed by atoms with Gasteiger partial charge < -0.3 is 9.73 Å². The minimum absolute atomic E-state index is 0.197. The summed E-state index contributed by atoms with van der Waals surface area (Å²) < 4.78 is 5.64. The first-order valence-corrected chi connectivity index (χ1v) is 7.65. The molecule has 0 unspecified atom stereocenters. The monoisotopic (exact) mass is 325 g/mol. The molecule has 2 aromatic carbocycles. The van der Waals surface area contributed by atoms with Gasteiger partial charge >= 0.3 is 0 Å². The molecule has 1 N–H and O–H groups in total. The summed E-state index contributed by atoms with van der Waals surface area (Å²) in [5.74, 6) is 0.413. The molecule has 0 aliphatic carbocycles. The van der Waals surface area contributed by atoms with E-state index in [1.54, 1.807) is 12.1 Å². The average molecular weight is 326 g/mol. The summed E-state index contributed by atoms with van der Waals surface area (Å²) in [5, 5.41) is 4.44. The van der Waals surface area contributed by atoms with E-state index in [-0.39, 0.29) is 5.91 Å². The highest BCUT2D eigenvalue weighted by molar-refractivity contribution is 6.31. The highest BCUT2D eigenvalue weighted by Gasteiger charge is 2.05. The number of hydrogen-bond acceptors (Lipinski definition) is 2. The molecule has 0 saturated carbocycles. The highest BCUT2D eigenvalue weighted by atomic mass is 35.5. The maximum atomic E-state index is 12.1. The summed E-state index contributed by atoms with van der Waals surface area (Å²) in [5.41, 5.74) is 3.76. The molecule has 0 fully saturated rings. The summed E-state index contributed by atoms with van der Waals surface area (Å²) in [6, 6.07) is 13.1. The number of furan rings is 1. The van der Waals surface area contributed by atoms with Crippen LogP contribution in [0.4, 0.5) is 5.69 Å². The van der Waals surface area contributed by atoms with Gasteiger partial charge in [0.25, 0.3) is 0 Å². The molecule has 0 aliphatic rings. The summed E-state index contributed by atoms with van der Waals surface area (Å²) in [6.45, 7) is 4.00. The summed E-state index contributed by atoms with van der Waals surface area (Å²) in [7, 11) is 0. The lowest BCUT2D eigenvalue weighted by atomic mass is 10.1. The third kappa shape index (κ3) is 3.46. The number of carbonyl (C=O) groups is 1. The van der Waals surface area contributed by atoms with Gasteiger partial charge in [0.05, 0.1) is 0 Å². The fourth-order valence-electron chi connectivity index (χ4n) is 2.34. The number of halogens is 1. The van der Waals surface area contributed by atoms with E-state index in [9.17, 15) is 4.79 Å². The van der Waals surface area contributed by atoms with Gasteiger partial charge in [0.1, 0.15) is 11.3 Å². The van der Waals surface area contributed by atoms with Crippen LogP contribution in [-0.2, 0) is 4.79 Å². The number of carbonyl (C=O) groups excluding carboxylic acids is 1. The predicted molar refractivity (Wildman–Crippen MR) is 94.8 cm³/mol. The standard InChI is InChI=1S/C19H16ClNO2/c1-12-4-3-5-17(13(12)2)21-19(22)9-7-16-11-14-10-15(20)6-8-18(14)23-16/h3-11H,1-2H3,(H,21,22)/b9-7+. The molecule has 1 heterocycles. The number of nitrogens with one attached hydrogen (secondary N) is 1. The lowest BCUT2D eigenvalue weighted by molar-refractivity contribution is -0.111. The largest absolute Gasteiger partial charge is 0.457 e. The van der Waals surface area contributed by atoms with Crippen LogP contribution in [0, 0.1) is 13.8 Å². The van der Waals surface area contributed by atoms with Crippen LogP contribution in [0.1, 0.15) is 16.9 Å². The normalized spacial score (nSPS) is 11.3. The van der Waals surface area contributed by atoms with E-state index in [0.717, 1.165) is 27.8 Å². The van der Waals surface area contributed by atoms with Crippen LogP contribution in [-0.4, -0.2) is 5.91 Å². The predicted octanol–water partition coefficient (Wildman–Crippen LogP) is 5.35. The zero-order valence-corrected chi connectivity index (χ0v) is 13.6. The Morgan fingerprint density at radius 3 is 2.83 bits per heavy atom. The van der Waals surface area contributed by atoms with Crippen molar-refractivity contribution in [2.75, 3.05) is 5.32 Å². The number of benzene rings is 2. The van der Waals surface area contributed by atoms with E-state index in [1.165, 1.54) is 6.08 Å². The first-order valence-electron chi connectivity index (χ1n) is 7.27. The molecule has 3 rings (SSSR count). The van der Waals surface area contributed by atoms with Crippen LogP contribution in [0.25, 0.3) is 17.0 Å². The van der Waals surface area contributed by atoms with Crippen LogP contribution in [0.5, 0.6) is 0 Å². The Morgan fingerprint density at radius 2 is 2.00 bits per heavy atom. The van der Waals surface area contributed by atoms with E-state index in [0.29, 0.717) is 10.8 Å². The van der Waals surface area contributed by atoms with Crippen molar-refractivity contribution >= 4 is 40.2 Å². The zero-order valence-electron chi connectivity index (χ0n) is 12.9. The molecule has 0 bridgehead atoms. The molecule has 4 heteroatoms. The fourth-order valence-corrected chi connectivity index (χ4v) is 2.52. The molecule has 3 aromatic rings. The van der Waals surface area contributed by atoms with Crippen molar-refractivity contribution in [2.24, 2.45) is 0 Å². The van der Waals surface area contributed by atoms with Crippen molar-refractivity contribution in [1.82, 2.24) is 0 Å². The quantitative estimate of drug-likeness (QED) is 0.659. The summed E-state index contributed by atoms with van der Waals surface area (Å²) >= 11 is 5.95. The van der Waals surface area contributed by atoms with Crippen LogP contribution in [0.15, 0.2) is 53.0 Å². The van der Waals surface area contributed by atoms with Gasteiger partial charge in [-0.2, -0.15) is 0 Å². The molecule has 1 amide bonds. The molecule has 0 saturated heterocycles. The van der Waals surface area contributed by atoms with Gasteiger partial charge in [0.15, 0.2) is 0 Å². The average Bonchev–Trinajstić information content (AvgIpc) is 2.92. The molecule has 0 spiro atoms. The minimum atomic E-state index is -0.197. The maximum Gasteiger partial charge on any atom is 0.248 e. The van der Waals surface area contributed by atoms with Crippen molar-refractivity contribution in [3.8, 4) is 0 Å².